The van der Waals surface area contributed by atoms with Gasteiger partial charge in [0.1, 0.15) is 5.82 Å². The molecule has 0 fully saturated rings. The number of nitrogens with one attached hydrogen (secondary N) is 2. The van der Waals surface area contributed by atoms with E-state index in [1.54, 1.807) is 5.48 Å². The molecule has 5 nitrogen and oxygen atoms in total. The molecule has 0 saturated heterocycles. The molecule has 0 aromatic heterocycles. The number of alkyl halides is 7. The molecular formula is C19H14F10N2O3. The summed E-state index contributed by atoms with van der Waals surface area (Å²) in [6, 6.07) is 2.48. The molecule has 15 heteroatoms. The van der Waals surface area contributed by atoms with Crippen LogP contribution in [0.4, 0.5) is 55.3 Å². The minimum atomic E-state index is -6.36. The van der Waals surface area contributed by atoms with Gasteiger partial charge in [-0.2, -0.15) is 26.3 Å². The van der Waals surface area contributed by atoms with Gasteiger partial charge >= 0.3 is 18.0 Å². The van der Waals surface area contributed by atoms with Crippen molar-refractivity contribution in [1.29, 1.82) is 0 Å². The molecule has 0 aliphatic rings. The molecule has 2 aromatic carbocycles. The van der Waals surface area contributed by atoms with E-state index in [4.69, 9.17) is 5.11 Å². The summed E-state index contributed by atoms with van der Waals surface area (Å²) in [4.78, 5) is 16.6. The van der Waals surface area contributed by atoms with Crippen molar-refractivity contribution in [2.45, 2.75) is 24.4 Å². The first-order valence-corrected chi connectivity index (χ1v) is 9.01. The van der Waals surface area contributed by atoms with Crippen LogP contribution in [0.5, 0.6) is 0 Å². The van der Waals surface area contributed by atoms with E-state index in [2.05, 4.69) is 4.84 Å². The third kappa shape index (κ3) is 5.70. The Balaban J connectivity index is 2.38. The van der Waals surface area contributed by atoms with Crippen molar-refractivity contribution in [2.24, 2.45) is 0 Å². The first kappa shape index (κ1) is 27.2. The van der Waals surface area contributed by atoms with Crippen LogP contribution in [0, 0.1) is 17.5 Å². The van der Waals surface area contributed by atoms with Crippen molar-refractivity contribution >= 4 is 17.3 Å². The van der Waals surface area contributed by atoms with Gasteiger partial charge in [-0.05, 0) is 29.8 Å². The summed E-state index contributed by atoms with van der Waals surface area (Å²) < 4.78 is 133. The van der Waals surface area contributed by atoms with Crippen LogP contribution in [-0.2, 0) is 11.3 Å². The second kappa shape index (κ2) is 10.0. The Hall–Kier alpha value is -3.07. The van der Waals surface area contributed by atoms with E-state index in [1.165, 1.54) is 0 Å². The Bertz CT molecular complexity index is 1030. The van der Waals surface area contributed by atoms with Crippen LogP contribution in [0.2, 0.25) is 0 Å². The molecule has 1 amide bonds. The summed E-state index contributed by atoms with van der Waals surface area (Å²) in [6.45, 7) is -0.885. The lowest BCUT2D eigenvalue weighted by atomic mass is 9.94. The number of benzene rings is 2. The Kier molecular flexibility index (Phi) is 8.03. The number of hydrogen-bond donors (Lipinski definition) is 3. The third-order valence-electron chi connectivity index (χ3n) is 4.34. The molecule has 0 radical (unpaired) electrons. The largest absolute Gasteiger partial charge is 0.431 e. The highest BCUT2D eigenvalue weighted by molar-refractivity contribution is 6.00. The number of aliphatic hydroxyl groups is 1. The summed E-state index contributed by atoms with van der Waals surface area (Å²) in [5.41, 5.74) is -7.33. The van der Waals surface area contributed by atoms with Crippen molar-refractivity contribution in [1.82, 2.24) is 5.48 Å². The maximum absolute atomic E-state index is 14.4. The molecule has 188 valence electrons. The normalized spacial score (nSPS) is 12.6. The van der Waals surface area contributed by atoms with Crippen molar-refractivity contribution in [3.05, 3.63) is 58.9 Å². The molecular weight excluding hydrogens is 494 g/mol. The number of rotatable bonds is 8. The van der Waals surface area contributed by atoms with E-state index in [1.807, 2.05) is 5.32 Å². The topological polar surface area (TPSA) is 70.6 Å². The van der Waals surface area contributed by atoms with Crippen LogP contribution in [0.3, 0.4) is 0 Å². The maximum atomic E-state index is 14.4. The molecule has 0 aliphatic carbocycles. The van der Waals surface area contributed by atoms with Crippen LogP contribution in [0.25, 0.3) is 0 Å². The monoisotopic (exact) mass is 508 g/mol. The average molecular weight is 508 g/mol. The van der Waals surface area contributed by atoms with Gasteiger partial charge in [-0.1, -0.05) is 6.07 Å². The Labute approximate surface area is 184 Å². The average Bonchev–Trinajstić information content (AvgIpc) is 2.71. The maximum Gasteiger partial charge on any atom is 0.431 e. The molecule has 0 spiro atoms. The van der Waals surface area contributed by atoms with Crippen LogP contribution in [-0.4, -0.2) is 42.2 Å². The SMILES string of the molecule is O=C(NOCCO)c1ccc(F)c(F)c1Nc1ccc(CC(F)(C(F)(F)F)C(F)(F)F)cc1F. The van der Waals surface area contributed by atoms with Gasteiger partial charge in [0.25, 0.3) is 5.91 Å². The number of carbonyl (C=O) groups excluding carboxylic acids is 1. The first-order valence-electron chi connectivity index (χ1n) is 9.01. The van der Waals surface area contributed by atoms with Gasteiger partial charge in [-0.3, -0.25) is 9.63 Å². The number of amides is 1. The van der Waals surface area contributed by atoms with Gasteiger partial charge in [0.2, 0.25) is 0 Å². The smallest absolute Gasteiger partial charge is 0.394 e. The number of anilines is 2. The summed E-state index contributed by atoms with van der Waals surface area (Å²) in [5.74, 6) is -5.92. The van der Waals surface area contributed by atoms with Gasteiger partial charge in [0.15, 0.2) is 11.6 Å². The fourth-order valence-corrected chi connectivity index (χ4v) is 2.63. The molecule has 0 saturated carbocycles. The second-order valence-corrected chi connectivity index (χ2v) is 6.70. The third-order valence-corrected chi connectivity index (χ3v) is 4.34. The summed E-state index contributed by atoms with van der Waals surface area (Å²) in [6.07, 6.45) is -15.0. The van der Waals surface area contributed by atoms with E-state index in [9.17, 15) is 48.7 Å². The fourth-order valence-electron chi connectivity index (χ4n) is 2.63. The zero-order valence-corrected chi connectivity index (χ0v) is 16.6. The second-order valence-electron chi connectivity index (χ2n) is 6.70. The van der Waals surface area contributed by atoms with Crippen molar-refractivity contribution < 1.29 is 58.6 Å². The van der Waals surface area contributed by atoms with Gasteiger partial charge in [0.05, 0.1) is 30.2 Å². The van der Waals surface area contributed by atoms with Crippen LogP contribution >= 0.6 is 0 Å². The number of hydroxylamine groups is 1. The lowest BCUT2D eigenvalue weighted by molar-refractivity contribution is -0.340. The summed E-state index contributed by atoms with van der Waals surface area (Å²) >= 11 is 0. The molecule has 0 unspecified atom stereocenters. The van der Waals surface area contributed by atoms with Crippen LogP contribution < -0.4 is 10.8 Å². The molecule has 2 rings (SSSR count). The van der Waals surface area contributed by atoms with E-state index in [0.29, 0.717) is 18.2 Å². The molecule has 2 aromatic rings. The number of aliphatic hydroxyl groups excluding tert-OH is 1. The predicted molar refractivity (Wildman–Crippen MR) is 96.2 cm³/mol. The minimum absolute atomic E-state index is 0.134. The zero-order chi connectivity index (χ0) is 25.9. The van der Waals surface area contributed by atoms with Gasteiger partial charge < -0.3 is 10.4 Å². The van der Waals surface area contributed by atoms with Crippen LogP contribution in [0.15, 0.2) is 30.3 Å². The lowest BCUT2D eigenvalue weighted by Gasteiger charge is -2.30. The molecule has 0 bridgehead atoms. The van der Waals surface area contributed by atoms with Crippen molar-refractivity contribution in [3.63, 3.8) is 0 Å². The summed E-state index contributed by atoms with van der Waals surface area (Å²) in [5, 5.41) is 10.6. The van der Waals surface area contributed by atoms with Gasteiger partial charge in [0, 0.05) is 6.42 Å². The predicted octanol–water partition coefficient (Wildman–Crippen LogP) is 4.88. The summed E-state index contributed by atoms with van der Waals surface area (Å²) in [7, 11) is 0. The molecule has 0 heterocycles. The lowest BCUT2D eigenvalue weighted by Crippen LogP contribution is -2.54. The van der Waals surface area contributed by atoms with Crippen molar-refractivity contribution in [2.75, 3.05) is 18.5 Å². The van der Waals surface area contributed by atoms with E-state index < -0.39 is 76.9 Å². The Morgan fingerprint density at radius 2 is 1.53 bits per heavy atom. The molecule has 3 N–H and O–H groups in total. The van der Waals surface area contributed by atoms with Gasteiger partial charge in [-0.25, -0.2) is 23.0 Å². The number of halogens is 10. The van der Waals surface area contributed by atoms with E-state index in [0.717, 1.165) is 6.07 Å². The highest BCUT2D eigenvalue weighted by Crippen LogP contribution is 2.48. The highest BCUT2D eigenvalue weighted by atomic mass is 19.4. The molecule has 0 aliphatic heterocycles. The van der Waals surface area contributed by atoms with Crippen molar-refractivity contribution in [3.8, 4) is 0 Å². The number of hydrogen-bond acceptors (Lipinski definition) is 4. The quantitative estimate of drug-likeness (QED) is 0.270. The standard InChI is InChI=1S/C19H14F10N2O3/c20-11-3-2-10(16(33)31-34-6-5-32)15(14(11)22)30-13-4-1-9(7-12(13)21)8-17(23,18(24,25)26)19(27,28)29/h1-4,7,30,32H,5-6,8H2,(H,31,33). The van der Waals surface area contributed by atoms with Crippen LogP contribution in [0.1, 0.15) is 15.9 Å². The molecule has 34 heavy (non-hydrogen) atoms. The Morgan fingerprint density at radius 3 is 2.06 bits per heavy atom. The first-order chi connectivity index (χ1) is 15.6. The molecule has 0 atom stereocenters. The minimum Gasteiger partial charge on any atom is -0.394 e. The zero-order valence-electron chi connectivity index (χ0n) is 16.6. The van der Waals surface area contributed by atoms with Gasteiger partial charge in [-0.15, -0.1) is 0 Å². The fraction of sp³-hybridized carbons (Fsp3) is 0.316. The van der Waals surface area contributed by atoms with E-state index in [-0.39, 0.29) is 12.7 Å². The highest BCUT2D eigenvalue weighted by Gasteiger charge is 2.72. The van der Waals surface area contributed by atoms with E-state index >= 15 is 0 Å². The Morgan fingerprint density at radius 1 is 0.912 bits per heavy atom. The number of carbonyl (C=O) groups is 1.